The molecule has 1 aliphatic rings. The smallest absolute Gasteiger partial charge is 0.123 e. The summed E-state index contributed by atoms with van der Waals surface area (Å²) in [4.78, 5) is 0. The molecule has 0 radical (unpaired) electrons. The van der Waals surface area contributed by atoms with Gasteiger partial charge in [-0.3, -0.25) is 0 Å². The number of hydrogen-bond donors (Lipinski definition) is 2. The fourth-order valence-electron chi connectivity index (χ4n) is 2.22. The molecule has 1 aromatic carbocycles. The zero-order valence-corrected chi connectivity index (χ0v) is 12.3. The van der Waals surface area contributed by atoms with Gasteiger partial charge in [0.15, 0.2) is 0 Å². The quantitative estimate of drug-likeness (QED) is 0.727. The Morgan fingerprint density at radius 3 is 2.80 bits per heavy atom. The highest BCUT2D eigenvalue weighted by Gasteiger charge is 2.23. The SMILES string of the molecule is COc1cccc(OC[C@H](O)CN[C@H](C)CC2CC2)c1. The molecule has 0 aliphatic heterocycles. The summed E-state index contributed by atoms with van der Waals surface area (Å²) in [5, 5.41) is 13.3. The summed E-state index contributed by atoms with van der Waals surface area (Å²) in [6, 6.07) is 7.88. The third kappa shape index (κ3) is 5.39. The molecule has 4 nitrogen and oxygen atoms in total. The summed E-state index contributed by atoms with van der Waals surface area (Å²) < 4.78 is 10.7. The van der Waals surface area contributed by atoms with E-state index in [4.69, 9.17) is 9.47 Å². The van der Waals surface area contributed by atoms with Gasteiger partial charge in [0.2, 0.25) is 0 Å². The summed E-state index contributed by atoms with van der Waals surface area (Å²) in [6.45, 7) is 3.03. The van der Waals surface area contributed by atoms with Crippen LogP contribution < -0.4 is 14.8 Å². The van der Waals surface area contributed by atoms with Crippen LogP contribution >= 0.6 is 0 Å². The zero-order chi connectivity index (χ0) is 14.4. The molecule has 0 saturated heterocycles. The molecule has 1 aliphatic carbocycles. The molecule has 2 atom stereocenters. The molecule has 2 rings (SSSR count). The lowest BCUT2D eigenvalue weighted by molar-refractivity contribution is 0.103. The molecule has 0 amide bonds. The first-order valence-corrected chi connectivity index (χ1v) is 7.35. The number of ether oxygens (including phenoxy) is 2. The zero-order valence-electron chi connectivity index (χ0n) is 12.3. The summed E-state index contributed by atoms with van der Waals surface area (Å²) in [5.41, 5.74) is 0. The van der Waals surface area contributed by atoms with Crippen LogP contribution in [0.4, 0.5) is 0 Å². The van der Waals surface area contributed by atoms with Crippen molar-refractivity contribution in [3.8, 4) is 11.5 Å². The Balaban J connectivity index is 1.64. The van der Waals surface area contributed by atoms with Crippen LogP contribution in [0.3, 0.4) is 0 Å². The van der Waals surface area contributed by atoms with Gasteiger partial charge in [0.05, 0.1) is 7.11 Å². The second-order valence-corrected chi connectivity index (χ2v) is 5.63. The first kappa shape index (κ1) is 15.1. The van der Waals surface area contributed by atoms with Crippen LogP contribution in [-0.4, -0.2) is 37.5 Å². The first-order chi connectivity index (χ1) is 9.67. The fourth-order valence-corrected chi connectivity index (χ4v) is 2.22. The highest BCUT2D eigenvalue weighted by atomic mass is 16.5. The van der Waals surface area contributed by atoms with E-state index >= 15 is 0 Å². The van der Waals surface area contributed by atoms with Crippen molar-refractivity contribution in [1.29, 1.82) is 0 Å². The summed E-state index contributed by atoms with van der Waals surface area (Å²) in [5.74, 6) is 2.38. The lowest BCUT2D eigenvalue weighted by Gasteiger charge is -2.17. The third-order valence-electron chi connectivity index (χ3n) is 3.57. The third-order valence-corrected chi connectivity index (χ3v) is 3.57. The molecule has 0 bridgehead atoms. The van der Waals surface area contributed by atoms with E-state index in [1.165, 1.54) is 19.3 Å². The van der Waals surface area contributed by atoms with E-state index in [0.717, 1.165) is 17.4 Å². The van der Waals surface area contributed by atoms with Crippen LogP contribution in [0.25, 0.3) is 0 Å². The molecular weight excluding hydrogens is 254 g/mol. The standard InChI is InChI=1S/C16H25NO3/c1-12(8-13-6-7-13)17-10-14(18)11-20-16-5-3-4-15(9-16)19-2/h3-5,9,12-14,17-18H,6-8,10-11H2,1-2H3/t12-,14-/m1/s1. The summed E-state index contributed by atoms with van der Waals surface area (Å²) in [6.07, 6.45) is 3.45. The maximum atomic E-state index is 9.92. The number of hydrogen-bond acceptors (Lipinski definition) is 4. The Morgan fingerprint density at radius 2 is 2.10 bits per heavy atom. The van der Waals surface area contributed by atoms with Gasteiger partial charge < -0.3 is 19.9 Å². The van der Waals surface area contributed by atoms with Gasteiger partial charge in [-0.05, 0) is 31.4 Å². The number of aliphatic hydroxyl groups excluding tert-OH is 1. The molecule has 4 heteroatoms. The van der Waals surface area contributed by atoms with Crippen molar-refractivity contribution >= 4 is 0 Å². The Morgan fingerprint density at radius 1 is 1.35 bits per heavy atom. The minimum atomic E-state index is -0.497. The van der Waals surface area contributed by atoms with Crippen molar-refractivity contribution in [2.24, 2.45) is 5.92 Å². The monoisotopic (exact) mass is 279 g/mol. The number of methoxy groups -OCH3 is 1. The maximum absolute atomic E-state index is 9.92. The van der Waals surface area contributed by atoms with E-state index < -0.39 is 6.10 Å². The molecule has 0 unspecified atom stereocenters. The van der Waals surface area contributed by atoms with Gasteiger partial charge in [-0.1, -0.05) is 18.9 Å². The first-order valence-electron chi connectivity index (χ1n) is 7.35. The number of aliphatic hydroxyl groups is 1. The van der Waals surface area contributed by atoms with Crippen LogP contribution in [0.5, 0.6) is 11.5 Å². The van der Waals surface area contributed by atoms with E-state index in [-0.39, 0.29) is 6.61 Å². The van der Waals surface area contributed by atoms with Gasteiger partial charge in [0.25, 0.3) is 0 Å². The molecule has 1 fully saturated rings. The molecule has 2 N–H and O–H groups in total. The van der Waals surface area contributed by atoms with Crippen molar-refractivity contribution in [1.82, 2.24) is 5.32 Å². The van der Waals surface area contributed by atoms with Crippen molar-refractivity contribution in [3.05, 3.63) is 24.3 Å². The summed E-state index contributed by atoms with van der Waals surface area (Å²) >= 11 is 0. The normalized spacial score (nSPS) is 17.6. The van der Waals surface area contributed by atoms with Crippen LogP contribution in [0.15, 0.2) is 24.3 Å². The Kier molecular flexibility index (Phi) is 5.68. The van der Waals surface area contributed by atoms with Gasteiger partial charge in [0, 0.05) is 18.7 Å². The van der Waals surface area contributed by atoms with Crippen LogP contribution in [0.2, 0.25) is 0 Å². The van der Waals surface area contributed by atoms with E-state index in [1.807, 2.05) is 24.3 Å². The largest absolute Gasteiger partial charge is 0.497 e. The van der Waals surface area contributed by atoms with Crippen molar-refractivity contribution < 1.29 is 14.6 Å². The van der Waals surface area contributed by atoms with Crippen LogP contribution in [0.1, 0.15) is 26.2 Å². The number of benzene rings is 1. The predicted molar refractivity (Wildman–Crippen MR) is 79.3 cm³/mol. The predicted octanol–water partition coefficient (Wildman–Crippen LogP) is 2.21. The summed E-state index contributed by atoms with van der Waals surface area (Å²) in [7, 11) is 1.62. The van der Waals surface area contributed by atoms with E-state index in [1.54, 1.807) is 7.11 Å². The number of nitrogens with one attached hydrogen (secondary N) is 1. The molecular formula is C16H25NO3. The lowest BCUT2D eigenvalue weighted by atomic mass is 10.1. The molecule has 0 aromatic heterocycles. The topological polar surface area (TPSA) is 50.7 Å². The molecule has 20 heavy (non-hydrogen) atoms. The highest BCUT2D eigenvalue weighted by molar-refractivity contribution is 5.32. The van der Waals surface area contributed by atoms with E-state index in [0.29, 0.717) is 12.6 Å². The Labute approximate surface area is 121 Å². The van der Waals surface area contributed by atoms with E-state index in [2.05, 4.69) is 12.2 Å². The Bertz CT molecular complexity index is 406. The second-order valence-electron chi connectivity index (χ2n) is 5.63. The van der Waals surface area contributed by atoms with Gasteiger partial charge >= 0.3 is 0 Å². The van der Waals surface area contributed by atoms with E-state index in [9.17, 15) is 5.11 Å². The van der Waals surface area contributed by atoms with Crippen molar-refractivity contribution in [2.45, 2.75) is 38.3 Å². The molecule has 1 aromatic rings. The minimum Gasteiger partial charge on any atom is -0.497 e. The second kappa shape index (κ2) is 7.50. The van der Waals surface area contributed by atoms with Crippen LogP contribution in [-0.2, 0) is 0 Å². The fraction of sp³-hybridized carbons (Fsp3) is 0.625. The minimum absolute atomic E-state index is 0.288. The van der Waals surface area contributed by atoms with Crippen LogP contribution in [0, 0.1) is 5.92 Å². The Hall–Kier alpha value is -1.26. The maximum Gasteiger partial charge on any atom is 0.123 e. The van der Waals surface area contributed by atoms with Crippen molar-refractivity contribution in [2.75, 3.05) is 20.3 Å². The van der Waals surface area contributed by atoms with Gasteiger partial charge in [0.1, 0.15) is 24.2 Å². The van der Waals surface area contributed by atoms with Gasteiger partial charge in [-0.15, -0.1) is 0 Å². The average Bonchev–Trinajstić information content (AvgIpc) is 3.27. The van der Waals surface area contributed by atoms with Crippen molar-refractivity contribution in [3.63, 3.8) is 0 Å². The molecule has 112 valence electrons. The highest BCUT2D eigenvalue weighted by Crippen LogP contribution is 2.33. The molecule has 0 spiro atoms. The van der Waals surface area contributed by atoms with Gasteiger partial charge in [-0.25, -0.2) is 0 Å². The van der Waals surface area contributed by atoms with Gasteiger partial charge in [-0.2, -0.15) is 0 Å². The molecule has 1 saturated carbocycles. The average molecular weight is 279 g/mol. The lowest BCUT2D eigenvalue weighted by Crippen LogP contribution is -2.36. The number of rotatable bonds is 9. The molecule has 0 heterocycles.